The number of amides is 2. The minimum absolute atomic E-state index is 0.197. The molecule has 0 aliphatic rings. The van der Waals surface area contributed by atoms with E-state index in [1.807, 2.05) is 30.3 Å². The Kier molecular flexibility index (Phi) is 6.42. The van der Waals surface area contributed by atoms with Crippen molar-refractivity contribution in [1.82, 2.24) is 4.90 Å². The highest BCUT2D eigenvalue weighted by Gasteiger charge is 2.32. The second kappa shape index (κ2) is 8.53. The molecule has 6 heteroatoms. The number of benzene rings is 2. The number of urea groups is 1. The molecule has 0 bridgehead atoms. The van der Waals surface area contributed by atoms with E-state index in [2.05, 4.69) is 5.32 Å². The standard InChI is InChI=1S/C19H21ClN2O3/c1-13(2)17(18(23)24)22(12-14-7-4-3-5-8-14)19(25)21-16-10-6-9-15(20)11-16/h3-11,13,17H,12H2,1-2H3,(H,21,25)(H,23,24)/t17-/m0/s1. The van der Waals surface area contributed by atoms with Crippen LogP contribution in [-0.4, -0.2) is 28.0 Å². The summed E-state index contributed by atoms with van der Waals surface area (Å²) in [7, 11) is 0. The maximum atomic E-state index is 12.8. The van der Waals surface area contributed by atoms with Crippen LogP contribution in [0.3, 0.4) is 0 Å². The van der Waals surface area contributed by atoms with E-state index in [9.17, 15) is 14.7 Å². The lowest BCUT2D eigenvalue weighted by Gasteiger charge is -2.31. The third-order valence-electron chi connectivity index (χ3n) is 3.75. The number of carbonyl (C=O) groups is 2. The third kappa shape index (κ3) is 5.22. The third-order valence-corrected chi connectivity index (χ3v) is 3.99. The van der Waals surface area contributed by atoms with Gasteiger partial charge in [-0.25, -0.2) is 9.59 Å². The fourth-order valence-corrected chi connectivity index (χ4v) is 2.81. The number of hydrogen-bond acceptors (Lipinski definition) is 2. The predicted molar refractivity (Wildman–Crippen MR) is 98.7 cm³/mol. The van der Waals surface area contributed by atoms with Crippen molar-refractivity contribution in [3.05, 3.63) is 65.2 Å². The first-order chi connectivity index (χ1) is 11.9. The van der Waals surface area contributed by atoms with Crippen molar-refractivity contribution >= 4 is 29.3 Å². The van der Waals surface area contributed by atoms with E-state index in [1.165, 1.54) is 4.90 Å². The van der Waals surface area contributed by atoms with Crippen LogP contribution in [-0.2, 0) is 11.3 Å². The van der Waals surface area contributed by atoms with E-state index in [4.69, 9.17) is 11.6 Å². The monoisotopic (exact) mass is 360 g/mol. The van der Waals surface area contributed by atoms with Gasteiger partial charge in [0, 0.05) is 17.3 Å². The van der Waals surface area contributed by atoms with Crippen LogP contribution in [0.2, 0.25) is 5.02 Å². The molecule has 25 heavy (non-hydrogen) atoms. The van der Waals surface area contributed by atoms with Crippen molar-refractivity contribution in [1.29, 1.82) is 0 Å². The normalized spacial score (nSPS) is 11.8. The van der Waals surface area contributed by atoms with Crippen LogP contribution in [0.15, 0.2) is 54.6 Å². The van der Waals surface area contributed by atoms with Crippen molar-refractivity contribution in [2.75, 3.05) is 5.32 Å². The van der Waals surface area contributed by atoms with E-state index in [1.54, 1.807) is 38.1 Å². The Morgan fingerprint density at radius 1 is 1.12 bits per heavy atom. The van der Waals surface area contributed by atoms with Gasteiger partial charge in [0.15, 0.2) is 0 Å². The second-order valence-corrected chi connectivity index (χ2v) is 6.52. The molecule has 0 saturated heterocycles. The number of halogens is 1. The number of nitrogens with zero attached hydrogens (tertiary/aromatic N) is 1. The maximum absolute atomic E-state index is 12.8. The Hall–Kier alpha value is -2.53. The van der Waals surface area contributed by atoms with Gasteiger partial charge < -0.3 is 15.3 Å². The van der Waals surface area contributed by atoms with Gasteiger partial charge in [0.2, 0.25) is 0 Å². The van der Waals surface area contributed by atoms with E-state index in [0.717, 1.165) is 5.56 Å². The number of carboxylic acid groups (broad SMARTS) is 1. The molecule has 2 aromatic rings. The molecule has 0 radical (unpaired) electrons. The predicted octanol–water partition coefficient (Wildman–Crippen LogP) is 4.48. The minimum atomic E-state index is -1.04. The molecule has 0 aliphatic heterocycles. The summed E-state index contributed by atoms with van der Waals surface area (Å²) in [4.78, 5) is 25.9. The van der Waals surface area contributed by atoms with E-state index < -0.39 is 18.0 Å². The second-order valence-electron chi connectivity index (χ2n) is 6.08. The lowest BCUT2D eigenvalue weighted by Crippen LogP contribution is -2.49. The van der Waals surface area contributed by atoms with Gasteiger partial charge in [-0.1, -0.05) is 61.8 Å². The van der Waals surface area contributed by atoms with Gasteiger partial charge in [0.1, 0.15) is 6.04 Å². The number of carbonyl (C=O) groups excluding carboxylic acids is 1. The highest BCUT2D eigenvalue weighted by atomic mass is 35.5. The molecule has 132 valence electrons. The largest absolute Gasteiger partial charge is 0.480 e. The van der Waals surface area contributed by atoms with Crippen LogP contribution in [0.25, 0.3) is 0 Å². The summed E-state index contributed by atoms with van der Waals surface area (Å²) in [5.41, 5.74) is 1.37. The fraction of sp³-hybridized carbons (Fsp3) is 0.263. The van der Waals surface area contributed by atoms with E-state index >= 15 is 0 Å². The molecule has 2 amide bonds. The first-order valence-electron chi connectivity index (χ1n) is 7.98. The molecule has 0 unspecified atom stereocenters. The smallest absolute Gasteiger partial charge is 0.326 e. The van der Waals surface area contributed by atoms with Crippen molar-refractivity contribution < 1.29 is 14.7 Å². The summed E-state index contributed by atoms with van der Waals surface area (Å²) in [5.74, 6) is -1.28. The number of hydrogen-bond donors (Lipinski definition) is 2. The molecule has 5 nitrogen and oxygen atoms in total. The zero-order chi connectivity index (χ0) is 18.4. The highest BCUT2D eigenvalue weighted by molar-refractivity contribution is 6.30. The molecular weight excluding hydrogens is 340 g/mol. The first-order valence-corrected chi connectivity index (χ1v) is 8.36. The van der Waals surface area contributed by atoms with Crippen molar-refractivity contribution in [2.24, 2.45) is 5.92 Å². The molecule has 0 aliphatic carbocycles. The summed E-state index contributed by atoms with van der Waals surface area (Å²) < 4.78 is 0. The van der Waals surface area contributed by atoms with Gasteiger partial charge in [-0.3, -0.25) is 0 Å². The highest BCUT2D eigenvalue weighted by Crippen LogP contribution is 2.19. The number of rotatable bonds is 6. The summed E-state index contributed by atoms with van der Waals surface area (Å²) in [5, 5.41) is 12.8. The molecule has 2 N–H and O–H groups in total. The average molecular weight is 361 g/mol. The van der Waals surface area contributed by atoms with Crippen molar-refractivity contribution in [2.45, 2.75) is 26.4 Å². The lowest BCUT2D eigenvalue weighted by atomic mass is 10.0. The summed E-state index contributed by atoms with van der Waals surface area (Å²) in [6.45, 7) is 3.76. The van der Waals surface area contributed by atoms with Crippen LogP contribution >= 0.6 is 11.6 Å². The molecule has 0 fully saturated rings. The van der Waals surface area contributed by atoms with Crippen molar-refractivity contribution in [3.8, 4) is 0 Å². The zero-order valence-corrected chi connectivity index (χ0v) is 14.9. The molecule has 0 aromatic heterocycles. The van der Waals surface area contributed by atoms with Gasteiger partial charge >= 0.3 is 12.0 Å². The molecule has 0 spiro atoms. The van der Waals surface area contributed by atoms with Gasteiger partial charge in [0.25, 0.3) is 0 Å². The van der Waals surface area contributed by atoms with Gasteiger partial charge in [-0.05, 0) is 29.7 Å². The molecule has 1 atom stereocenters. The quantitative estimate of drug-likeness (QED) is 0.797. The lowest BCUT2D eigenvalue weighted by molar-refractivity contribution is -0.143. The number of nitrogens with one attached hydrogen (secondary N) is 1. The summed E-state index contributed by atoms with van der Waals surface area (Å²) >= 11 is 5.94. The van der Waals surface area contributed by atoms with Crippen LogP contribution in [0.4, 0.5) is 10.5 Å². The Labute approximate surface area is 152 Å². The van der Waals surface area contributed by atoms with Crippen LogP contribution in [0.5, 0.6) is 0 Å². The van der Waals surface area contributed by atoms with Crippen LogP contribution < -0.4 is 5.32 Å². The van der Waals surface area contributed by atoms with Gasteiger partial charge in [0.05, 0.1) is 0 Å². The Morgan fingerprint density at radius 3 is 2.36 bits per heavy atom. The topological polar surface area (TPSA) is 69.6 Å². The van der Waals surface area contributed by atoms with Gasteiger partial charge in [-0.2, -0.15) is 0 Å². The van der Waals surface area contributed by atoms with E-state index in [0.29, 0.717) is 10.7 Å². The molecular formula is C19H21ClN2O3. The maximum Gasteiger partial charge on any atom is 0.326 e. The number of anilines is 1. The van der Waals surface area contributed by atoms with Crippen LogP contribution in [0, 0.1) is 5.92 Å². The SMILES string of the molecule is CC(C)[C@@H](C(=O)O)N(Cc1ccccc1)C(=O)Nc1cccc(Cl)c1. The molecule has 0 heterocycles. The van der Waals surface area contributed by atoms with Gasteiger partial charge in [-0.15, -0.1) is 0 Å². The minimum Gasteiger partial charge on any atom is -0.480 e. The number of aliphatic carboxylic acids is 1. The summed E-state index contributed by atoms with van der Waals surface area (Å²) in [6.07, 6.45) is 0. The fourth-order valence-electron chi connectivity index (χ4n) is 2.62. The molecule has 2 aromatic carbocycles. The zero-order valence-electron chi connectivity index (χ0n) is 14.1. The average Bonchev–Trinajstić information content (AvgIpc) is 2.54. The van der Waals surface area contributed by atoms with Crippen molar-refractivity contribution in [3.63, 3.8) is 0 Å². The molecule has 2 rings (SSSR count). The Bertz CT molecular complexity index is 734. The Morgan fingerprint density at radius 2 is 1.80 bits per heavy atom. The van der Waals surface area contributed by atoms with E-state index in [-0.39, 0.29) is 12.5 Å². The Balaban J connectivity index is 2.29. The van der Waals surface area contributed by atoms with Crippen LogP contribution in [0.1, 0.15) is 19.4 Å². The summed E-state index contributed by atoms with van der Waals surface area (Å²) in [6, 6.07) is 14.6. The number of carboxylic acids is 1. The first kappa shape index (κ1) is 18.8. The molecule has 0 saturated carbocycles.